The molecule has 1 fully saturated rings. The minimum Gasteiger partial charge on any atom is -0.349 e. The predicted octanol–water partition coefficient (Wildman–Crippen LogP) is 2.91. The van der Waals surface area contributed by atoms with E-state index >= 15 is 0 Å². The average molecular weight is 397 g/mol. The summed E-state index contributed by atoms with van der Waals surface area (Å²) < 4.78 is 13.7. The van der Waals surface area contributed by atoms with Gasteiger partial charge in [0.15, 0.2) is 0 Å². The summed E-state index contributed by atoms with van der Waals surface area (Å²) in [5.41, 5.74) is 0.339. The van der Waals surface area contributed by atoms with Crippen molar-refractivity contribution in [1.82, 2.24) is 10.2 Å². The Kier molecular flexibility index (Phi) is 5.03. The van der Waals surface area contributed by atoms with E-state index in [0.717, 1.165) is 25.9 Å². The summed E-state index contributed by atoms with van der Waals surface area (Å²) in [5, 5.41) is 3.12. The zero-order chi connectivity index (χ0) is 14.0. The third-order valence-electron chi connectivity index (χ3n) is 3.31. The number of likely N-dealkylation sites (tertiary alicyclic amines) is 1. The highest BCUT2D eigenvalue weighted by Crippen LogP contribution is 2.22. The number of amides is 1. The Morgan fingerprint density at radius 2 is 2.11 bits per heavy atom. The molecule has 1 aromatic rings. The van der Waals surface area contributed by atoms with Crippen molar-refractivity contribution >= 4 is 40.1 Å². The van der Waals surface area contributed by atoms with Crippen LogP contribution < -0.4 is 5.32 Å². The summed E-state index contributed by atoms with van der Waals surface area (Å²) in [6, 6.07) is 2.84. The first-order valence-electron chi connectivity index (χ1n) is 6.11. The topological polar surface area (TPSA) is 32.3 Å². The van der Waals surface area contributed by atoms with Crippen LogP contribution >= 0.6 is 34.2 Å². The van der Waals surface area contributed by atoms with Crippen molar-refractivity contribution in [1.29, 1.82) is 0 Å². The highest BCUT2D eigenvalue weighted by Gasteiger charge is 2.21. The molecule has 19 heavy (non-hydrogen) atoms. The Morgan fingerprint density at radius 1 is 1.47 bits per heavy atom. The summed E-state index contributed by atoms with van der Waals surface area (Å²) in [5.74, 6) is -0.626. The first kappa shape index (κ1) is 15.0. The van der Waals surface area contributed by atoms with E-state index in [1.165, 1.54) is 12.1 Å². The van der Waals surface area contributed by atoms with Gasteiger partial charge >= 0.3 is 0 Å². The summed E-state index contributed by atoms with van der Waals surface area (Å²) in [4.78, 5) is 14.4. The zero-order valence-electron chi connectivity index (χ0n) is 10.5. The lowest BCUT2D eigenvalue weighted by Gasteiger charge is -2.29. The molecule has 6 heteroatoms. The van der Waals surface area contributed by atoms with Gasteiger partial charge in [0.05, 0.1) is 10.6 Å². The minimum atomic E-state index is -0.401. The second kappa shape index (κ2) is 6.37. The second-order valence-electron chi connectivity index (χ2n) is 4.80. The zero-order valence-corrected chi connectivity index (χ0v) is 13.5. The molecular formula is C13H15ClFIN2O. The van der Waals surface area contributed by atoms with E-state index in [9.17, 15) is 9.18 Å². The number of hydrogen-bond donors (Lipinski definition) is 1. The summed E-state index contributed by atoms with van der Waals surface area (Å²) >= 11 is 7.78. The lowest BCUT2D eigenvalue weighted by atomic mass is 10.0. The van der Waals surface area contributed by atoms with Gasteiger partial charge in [-0.3, -0.25) is 4.79 Å². The van der Waals surface area contributed by atoms with E-state index in [1.807, 2.05) is 22.6 Å². The number of benzene rings is 1. The van der Waals surface area contributed by atoms with Crippen molar-refractivity contribution in [3.63, 3.8) is 0 Å². The van der Waals surface area contributed by atoms with E-state index in [4.69, 9.17) is 11.6 Å². The smallest absolute Gasteiger partial charge is 0.253 e. The first-order valence-corrected chi connectivity index (χ1v) is 7.57. The largest absolute Gasteiger partial charge is 0.349 e. The maximum absolute atomic E-state index is 13.3. The van der Waals surface area contributed by atoms with E-state index in [-0.39, 0.29) is 17.0 Å². The van der Waals surface area contributed by atoms with Crippen LogP contribution in [0.5, 0.6) is 0 Å². The van der Waals surface area contributed by atoms with Gasteiger partial charge in [0.1, 0.15) is 5.82 Å². The maximum Gasteiger partial charge on any atom is 0.253 e. The van der Waals surface area contributed by atoms with Crippen LogP contribution in [0.4, 0.5) is 4.39 Å². The van der Waals surface area contributed by atoms with Gasteiger partial charge in [-0.05, 0) is 67.7 Å². The molecule has 1 saturated heterocycles. The van der Waals surface area contributed by atoms with Crippen LogP contribution in [0.1, 0.15) is 23.2 Å². The third-order valence-corrected chi connectivity index (χ3v) is 4.45. The highest BCUT2D eigenvalue weighted by atomic mass is 127. The Bertz CT molecular complexity index is 490. The molecule has 0 bridgehead atoms. The van der Waals surface area contributed by atoms with Crippen molar-refractivity contribution in [3.05, 3.63) is 32.1 Å². The molecule has 0 radical (unpaired) electrons. The summed E-state index contributed by atoms with van der Waals surface area (Å²) in [7, 11) is 2.07. The van der Waals surface area contributed by atoms with Crippen LogP contribution in [0.3, 0.4) is 0 Å². The van der Waals surface area contributed by atoms with Gasteiger partial charge in [0, 0.05) is 9.61 Å². The van der Waals surface area contributed by atoms with E-state index in [0.29, 0.717) is 9.13 Å². The molecular weight excluding hydrogens is 382 g/mol. The quantitative estimate of drug-likeness (QED) is 0.616. The number of hydrogen-bond acceptors (Lipinski definition) is 2. The number of rotatable bonds is 2. The molecule has 1 aliphatic rings. The number of nitrogens with zero attached hydrogens (tertiary/aromatic N) is 1. The molecule has 1 aliphatic heterocycles. The van der Waals surface area contributed by atoms with Crippen molar-refractivity contribution in [2.45, 2.75) is 18.9 Å². The van der Waals surface area contributed by atoms with Gasteiger partial charge in [-0.1, -0.05) is 11.6 Å². The fourth-order valence-corrected chi connectivity index (χ4v) is 2.82. The molecule has 2 rings (SSSR count). The van der Waals surface area contributed by atoms with Crippen molar-refractivity contribution < 1.29 is 9.18 Å². The lowest BCUT2D eigenvalue weighted by Crippen LogP contribution is -2.43. The molecule has 3 nitrogen and oxygen atoms in total. The van der Waals surface area contributed by atoms with Gasteiger partial charge in [-0.25, -0.2) is 4.39 Å². The van der Waals surface area contributed by atoms with Gasteiger partial charge in [0.25, 0.3) is 5.91 Å². The van der Waals surface area contributed by atoms with Crippen LogP contribution in [0.25, 0.3) is 0 Å². The predicted molar refractivity (Wildman–Crippen MR) is 82.1 cm³/mol. The van der Waals surface area contributed by atoms with E-state index in [2.05, 4.69) is 17.3 Å². The van der Waals surface area contributed by atoms with Crippen LogP contribution in [0.15, 0.2) is 12.1 Å². The van der Waals surface area contributed by atoms with Crippen molar-refractivity contribution in [2.75, 3.05) is 20.1 Å². The van der Waals surface area contributed by atoms with Gasteiger partial charge in [0.2, 0.25) is 0 Å². The van der Waals surface area contributed by atoms with Crippen LogP contribution in [-0.4, -0.2) is 37.0 Å². The van der Waals surface area contributed by atoms with Gasteiger partial charge in [-0.2, -0.15) is 0 Å². The normalized spacial score (nSPS) is 17.5. The monoisotopic (exact) mass is 396 g/mol. The minimum absolute atomic E-state index is 0.156. The SMILES string of the molecule is CN1CCC(NC(=O)c2cc(I)c(F)cc2Cl)CC1. The summed E-state index contributed by atoms with van der Waals surface area (Å²) in [6.45, 7) is 1.94. The average Bonchev–Trinajstić information content (AvgIpc) is 2.36. The molecule has 1 N–H and O–H groups in total. The molecule has 1 aromatic carbocycles. The first-order chi connectivity index (χ1) is 8.97. The second-order valence-corrected chi connectivity index (χ2v) is 6.37. The molecule has 0 spiro atoms. The van der Waals surface area contributed by atoms with E-state index in [1.54, 1.807) is 0 Å². The van der Waals surface area contributed by atoms with Crippen LogP contribution in [0.2, 0.25) is 5.02 Å². The number of halogens is 3. The Hall–Kier alpha value is -0.400. The number of carbonyl (C=O) groups excluding carboxylic acids is 1. The molecule has 1 amide bonds. The van der Waals surface area contributed by atoms with Crippen LogP contribution in [0, 0.1) is 9.39 Å². The van der Waals surface area contributed by atoms with E-state index < -0.39 is 5.82 Å². The molecule has 1 heterocycles. The number of piperidine rings is 1. The Balaban J connectivity index is 2.06. The van der Waals surface area contributed by atoms with Crippen molar-refractivity contribution in [3.8, 4) is 0 Å². The number of nitrogens with one attached hydrogen (secondary N) is 1. The molecule has 0 atom stereocenters. The molecule has 0 unspecified atom stereocenters. The highest BCUT2D eigenvalue weighted by molar-refractivity contribution is 14.1. The van der Waals surface area contributed by atoms with Gasteiger partial charge < -0.3 is 10.2 Å². The third kappa shape index (κ3) is 3.79. The molecule has 104 valence electrons. The standard InChI is InChI=1S/C13H15ClFIN2O/c1-18-4-2-8(3-5-18)17-13(19)9-6-12(16)11(15)7-10(9)14/h6-8H,2-5H2,1H3,(H,17,19). The van der Waals surface area contributed by atoms with Crippen LogP contribution in [-0.2, 0) is 0 Å². The molecule has 0 saturated carbocycles. The Morgan fingerprint density at radius 3 is 2.74 bits per heavy atom. The lowest BCUT2D eigenvalue weighted by molar-refractivity contribution is 0.0917. The fraction of sp³-hybridized carbons (Fsp3) is 0.462. The Labute approximate surface area is 130 Å². The number of carbonyl (C=O) groups is 1. The fourth-order valence-electron chi connectivity index (χ4n) is 2.11. The molecule has 0 aliphatic carbocycles. The van der Waals surface area contributed by atoms with Gasteiger partial charge in [-0.15, -0.1) is 0 Å². The molecule has 0 aromatic heterocycles. The maximum atomic E-state index is 13.3. The summed E-state index contributed by atoms with van der Waals surface area (Å²) in [6.07, 6.45) is 1.86. The van der Waals surface area contributed by atoms with Crippen molar-refractivity contribution in [2.24, 2.45) is 0 Å².